The number of nitrogens with zero attached hydrogens (tertiary/aromatic N) is 1. The summed E-state index contributed by atoms with van der Waals surface area (Å²) in [6.07, 6.45) is 2.26. The van der Waals surface area contributed by atoms with E-state index in [1.807, 2.05) is 18.2 Å². The summed E-state index contributed by atoms with van der Waals surface area (Å²) < 4.78 is 7.39. The monoisotopic (exact) mass is 326 g/mol. The van der Waals surface area contributed by atoms with Crippen molar-refractivity contribution in [2.75, 3.05) is 12.4 Å². The molecule has 24 heavy (non-hydrogen) atoms. The van der Waals surface area contributed by atoms with Crippen molar-refractivity contribution in [1.82, 2.24) is 4.98 Å². The smallest absolute Gasteiger partial charge is 0.356 e. The van der Waals surface area contributed by atoms with Crippen LogP contribution in [0, 0.1) is 0 Å². The van der Waals surface area contributed by atoms with Crippen LogP contribution in [-0.4, -0.2) is 17.2 Å². The van der Waals surface area contributed by atoms with Gasteiger partial charge < -0.3 is 9.84 Å². The number of aromatic amines is 1. The molecule has 2 aromatic carbocycles. The molecule has 0 bridgehead atoms. The van der Waals surface area contributed by atoms with Crippen molar-refractivity contribution in [2.45, 2.75) is 32.9 Å². The Bertz CT molecular complexity index is 827. The molecule has 0 aliphatic rings. The van der Waals surface area contributed by atoms with E-state index in [1.165, 1.54) is 5.52 Å². The number of phenols is 1. The van der Waals surface area contributed by atoms with E-state index < -0.39 is 0 Å². The van der Waals surface area contributed by atoms with Crippen molar-refractivity contribution >= 4 is 17.0 Å². The second-order valence-corrected chi connectivity index (χ2v) is 5.84. The summed E-state index contributed by atoms with van der Waals surface area (Å²) >= 11 is 0. The molecule has 0 amide bonds. The number of aryl methyl sites for hydroxylation is 1. The van der Waals surface area contributed by atoms with Gasteiger partial charge in [0.1, 0.15) is 22.5 Å². The molecule has 0 radical (unpaired) electrons. The van der Waals surface area contributed by atoms with Gasteiger partial charge in [-0.3, -0.25) is 5.32 Å². The van der Waals surface area contributed by atoms with Gasteiger partial charge in [0, 0.05) is 11.6 Å². The van der Waals surface area contributed by atoms with Crippen molar-refractivity contribution in [3.8, 4) is 11.5 Å². The minimum atomic E-state index is 0.234. The van der Waals surface area contributed by atoms with Crippen LogP contribution in [-0.2, 0) is 13.1 Å². The van der Waals surface area contributed by atoms with E-state index in [2.05, 4.69) is 40.0 Å². The standard InChI is InChI=1S/C19H23N3O2/c1-3-4-11-22-17-8-6-5-7-16(17)21-19(22)20-13-14-9-10-15(24-2)12-18(14)23/h5-10,12H,3-4,11,13H2,1-2H3,(H2,20,21,23)/p+1. The summed E-state index contributed by atoms with van der Waals surface area (Å²) in [7, 11) is 1.59. The number of hydrogen-bond donors (Lipinski definition) is 3. The lowest BCUT2D eigenvalue weighted by Crippen LogP contribution is -2.36. The van der Waals surface area contributed by atoms with Crippen LogP contribution in [0.4, 0.5) is 5.95 Å². The molecule has 1 heterocycles. The van der Waals surface area contributed by atoms with Crippen molar-refractivity contribution in [1.29, 1.82) is 0 Å². The van der Waals surface area contributed by atoms with Gasteiger partial charge in [0.25, 0.3) is 0 Å². The van der Waals surface area contributed by atoms with Gasteiger partial charge in [-0.25, -0.2) is 9.55 Å². The molecule has 0 aliphatic carbocycles. The molecular formula is C19H24N3O2+. The van der Waals surface area contributed by atoms with Crippen LogP contribution >= 0.6 is 0 Å². The van der Waals surface area contributed by atoms with Crippen molar-refractivity contribution in [3.63, 3.8) is 0 Å². The Morgan fingerprint density at radius 2 is 2.04 bits per heavy atom. The highest BCUT2D eigenvalue weighted by Gasteiger charge is 2.17. The number of imidazole rings is 1. The molecule has 0 unspecified atom stereocenters. The number of aromatic nitrogens is 2. The van der Waals surface area contributed by atoms with E-state index in [0.29, 0.717) is 12.3 Å². The van der Waals surface area contributed by atoms with E-state index in [9.17, 15) is 5.11 Å². The van der Waals surface area contributed by atoms with Gasteiger partial charge in [-0.1, -0.05) is 25.5 Å². The van der Waals surface area contributed by atoms with Crippen LogP contribution in [0.15, 0.2) is 42.5 Å². The maximum atomic E-state index is 10.1. The third kappa shape index (κ3) is 3.30. The maximum absolute atomic E-state index is 10.1. The molecule has 3 N–H and O–H groups in total. The largest absolute Gasteiger partial charge is 0.507 e. The third-order valence-electron chi connectivity index (χ3n) is 4.19. The number of hydrogen-bond acceptors (Lipinski definition) is 3. The minimum Gasteiger partial charge on any atom is -0.507 e. The SMILES string of the molecule is CCCC[n+]1c(NCc2ccc(OC)cc2O)[nH]c2ccccc21. The van der Waals surface area contributed by atoms with Crippen LogP contribution in [0.2, 0.25) is 0 Å². The highest BCUT2D eigenvalue weighted by atomic mass is 16.5. The number of rotatable bonds is 7. The van der Waals surface area contributed by atoms with Crippen molar-refractivity contribution < 1.29 is 14.4 Å². The first-order valence-electron chi connectivity index (χ1n) is 8.33. The Hall–Kier alpha value is -2.69. The molecule has 0 aliphatic heterocycles. The van der Waals surface area contributed by atoms with Gasteiger partial charge in [0.2, 0.25) is 0 Å². The highest BCUT2D eigenvalue weighted by molar-refractivity contribution is 5.72. The Morgan fingerprint density at radius 1 is 1.21 bits per heavy atom. The molecule has 3 aromatic rings. The predicted octanol–water partition coefficient (Wildman–Crippen LogP) is 3.58. The highest BCUT2D eigenvalue weighted by Crippen LogP contribution is 2.24. The molecule has 0 saturated heterocycles. The number of methoxy groups -OCH3 is 1. The van der Waals surface area contributed by atoms with Crippen LogP contribution < -0.4 is 14.6 Å². The second kappa shape index (κ2) is 7.25. The van der Waals surface area contributed by atoms with E-state index >= 15 is 0 Å². The quantitative estimate of drug-likeness (QED) is 0.582. The number of para-hydroxylation sites is 2. The fourth-order valence-electron chi connectivity index (χ4n) is 2.82. The average molecular weight is 326 g/mol. The van der Waals surface area contributed by atoms with Gasteiger partial charge in [0.15, 0.2) is 0 Å². The summed E-state index contributed by atoms with van der Waals surface area (Å²) in [5.74, 6) is 1.85. The lowest BCUT2D eigenvalue weighted by Gasteiger charge is -2.07. The molecule has 0 fully saturated rings. The third-order valence-corrected chi connectivity index (χ3v) is 4.19. The molecule has 126 valence electrons. The fraction of sp³-hybridized carbons (Fsp3) is 0.316. The topological polar surface area (TPSA) is 61.2 Å². The van der Waals surface area contributed by atoms with Gasteiger partial charge >= 0.3 is 5.95 Å². The summed E-state index contributed by atoms with van der Waals surface area (Å²) in [4.78, 5) is 3.43. The van der Waals surface area contributed by atoms with Gasteiger partial charge in [-0.05, 0) is 30.7 Å². The fourth-order valence-corrected chi connectivity index (χ4v) is 2.82. The van der Waals surface area contributed by atoms with Crippen LogP contribution in [0.25, 0.3) is 11.0 Å². The number of aromatic hydroxyl groups is 1. The average Bonchev–Trinajstić information content (AvgIpc) is 2.96. The molecule has 3 rings (SSSR count). The Kier molecular flexibility index (Phi) is 4.89. The molecule has 0 saturated carbocycles. The number of nitrogens with one attached hydrogen (secondary N) is 2. The molecule has 5 heteroatoms. The zero-order valence-electron chi connectivity index (χ0n) is 14.2. The first kappa shape index (κ1) is 16.2. The predicted molar refractivity (Wildman–Crippen MR) is 95.4 cm³/mol. The summed E-state index contributed by atoms with van der Waals surface area (Å²) in [5.41, 5.74) is 3.12. The van der Waals surface area contributed by atoms with E-state index in [1.54, 1.807) is 13.2 Å². The van der Waals surface area contributed by atoms with E-state index in [4.69, 9.17) is 4.74 Å². The Balaban J connectivity index is 1.84. The number of anilines is 1. The normalized spacial score (nSPS) is 10.9. The minimum absolute atomic E-state index is 0.234. The van der Waals surface area contributed by atoms with E-state index in [0.717, 1.165) is 36.4 Å². The second-order valence-electron chi connectivity index (χ2n) is 5.84. The zero-order chi connectivity index (χ0) is 16.9. The Labute approximate surface area is 141 Å². The lowest BCUT2D eigenvalue weighted by molar-refractivity contribution is -0.657. The molecule has 0 atom stereocenters. The van der Waals surface area contributed by atoms with Crippen LogP contribution in [0.5, 0.6) is 11.5 Å². The van der Waals surface area contributed by atoms with Crippen molar-refractivity contribution in [3.05, 3.63) is 48.0 Å². The number of unbranched alkanes of at least 4 members (excludes halogenated alkanes) is 1. The Morgan fingerprint density at radius 3 is 2.79 bits per heavy atom. The molecule has 0 spiro atoms. The van der Waals surface area contributed by atoms with Crippen molar-refractivity contribution in [2.24, 2.45) is 0 Å². The number of benzene rings is 2. The van der Waals surface area contributed by atoms with Gasteiger partial charge in [-0.2, -0.15) is 0 Å². The summed E-state index contributed by atoms with van der Waals surface area (Å²) in [6.45, 7) is 3.68. The van der Waals surface area contributed by atoms with E-state index in [-0.39, 0.29) is 5.75 Å². The number of fused-ring (bicyclic) bond motifs is 1. The summed E-state index contributed by atoms with van der Waals surface area (Å²) in [6, 6.07) is 13.6. The molecular weight excluding hydrogens is 302 g/mol. The molecule has 1 aromatic heterocycles. The lowest BCUT2D eigenvalue weighted by atomic mass is 10.2. The number of phenolic OH excluding ortho intramolecular Hbond substituents is 1. The maximum Gasteiger partial charge on any atom is 0.356 e. The summed E-state index contributed by atoms with van der Waals surface area (Å²) in [5, 5.41) is 13.5. The van der Waals surface area contributed by atoms with Gasteiger partial charge in [0.05, 0.1) is 20.2 Å². The first-order chi connectivity index (χ1) is 11.7. The first-order valence-corrected chi connectivity index (χ1v) is 8.33. The number of H-pyrrole nitrogens is 1. The van der Waals surface area contributed by atoms with Crippen LogP contribution in [0.1, 0.15) is 25.3 Å². The number of ether oxygens (including phenoxy) is 1. The zero-order valence-corrected chi connectivity index (χ0v) is 14.2. The van der Waals surface area contributed by atoms with Gasteiger partial charge in [-0.15, -0.1) is 0 Å². The molecule has 5 nitrogen and oxygen atoms in total. The van der Waals surface area contributed by atoms with Crippen LogP contribution in [0.3, 0.4) is 0 Å².